The Kier molecular flexibility index (Phi) is 3.39. The molecule has 0 fully saturated rings. The highest BCUT2D eigenvalue weighted by molar-refractivity contribution is 7.08. The zero-order chi connectivity index (χ0) is 13.4. The summed E-state index contributed by atoms with van der Waals surface area (Å²) in [4.78, 5) is 0. The quantitative estimate of drug-likeness (QED) is 0.922. The van der Waals surface area contributed by atoms with E-state index in [0.29, 0.717) is 29.7 Å². The Labute approximate surface area is 120 Å². The van der Waals surface area contributed by atoms with Crippen LogP contribution in [0.15, 0.2) is 22.9 Å². The predicted molar refractivity (Wildman–Crippen MR) is 77.5 cm³/mol. The van der Waals surface area contributed by atoms with Gasteiger partial charge < -0.3 is 15.2 Å². The maximum absolute atomic E-state index is 6.32. The van der Waals surface area contributed by atoms with Crippen LogP contribution < -0.4 is 15.2 Å². The van der Waals surface area contributed by atoms with Crippen LogP contribution >= 0.6 is 22.9 Å². The first-order valence-electron chi connectivity index (χ1n) is 6.04. The SMILES string of the molecule is Cc1cscc1C(N)c1cc2c(cc1Cl)OCCO2. The van der Waals surface area contributed by atoms with Crippen molar-refractivity contribution in [1.29, 1.82) is 0 Å². The highest BCUT2D eigenvalue weighted by atomic mass is 35.5. The first-order chi connectivity index (χ1) is 9.16. The fourth-order valence-electron chi connectivity index (χ4n) is 2.17. The first kappa shape index (κ1) is 12.8. The minimum atomic E-state index is -0.241. The predicted octanol–water partition coefficient (Wildman–Crippen LogP) is 3.53. The molecule has 1 aliphatic rings. The van der Waals surface area contributed by atoms with E-state index in [2.05, 4.69) is 17.7 Å². The van der Waals surface area contributed by atoms with Gasteiger partial charge in [-0.3, -0.25) is 0 Å². The van der Waals surface area contributed by atoms with E-state index < -0.39 is 0 Å². The third-order valence-electron chi connectivity index (χ3n) is 3.23. The summed E-state index contributed by atoms with van der Waals surface area (Å²) in [7, 11) is 0. The average Bonchev–Trinajstić information content (AvgIpc) is 2.83. The number of hydrogen-bond acceptors (Lipinski definition) is 4. The van der Waals surface area contributed by atoms with Crippen LogP contribution in [0.25, 0.3) is 0 Å². The van der Waals surface area contributed by atoms with Gasteiger partial charge in [0.25, 0.3) is 0 Å². The lowest BCUT2D eigenvalue weighted by molar-refractivity contribution is 0.171. The van der Waals surface area contributed by atoms with E-state index in [0.717, 1.165) is 11.1 Å². The third kappa shape index (κ3) is 2.31. The fraction of sp³-hybridized carbons (Fsp3) is 0.286. The molecule has 2 aromatic rings. The molecule has 0 saturated heterocycles. The summed E-state index contributed by atoms with van der Waals surface area (Å²) in [5, 5.41) is 4.76. The summed E-state index contributed by atoms with van der Waals surface area (Å²) in [6.07, 6.45) is 0. The first-order valence-corrected chi connectivity index (χ1v) is 7.36. The number of rotatable bonds is 2. The Balaban J connectivity index is 2.03. The van der Waals surface area contributed by atoms with E-state index in [9.17, 15) is 0 Å². The zero-order valence-electron chi connectivity index (χ0n) is 10.5. The summed E-state index contributed by atoms with van der Waals surface area (Å²) >= 11 is 7.96. The van der Waals surface area contributed by atoms with Crippen molar-refractivity contribution < 1.29 is 9.47 Å². The van der Waals surface area contributed by atoms with Gasteiger partial charge in [0.1, 0.15) is 13.2 Å². The zero-order valence-corrected chi connectivity index (χ0v) is 12.1. The van der Waals surface area contributed by atoms with Crippen LogP contribution in [0.5, 0.6) is 11.5 Å². The van der Waals surface area contributed by atoms with Gasteiger partial charge in [-0.1, -0.05) is 11.6 Å². The van der Waals surface area contributed by atoms with Crippen LogP contribution in [0.3, 0.4) is 0 Å². The van der Waals surface area contributed by atoms with Crippen LogP contribution in [0, 0.1) is 6.92 Å². The van der Waals surface area contributed by atoms with Crippen LogP contribution in [0.4, 0.5) is 0 Å². The van der Waals surface area contributed by atoms with Gasteiger partial charge in [-0.15, -0.1) is 0 Å². The number of thiophene rings is 1. The monoisotopic (exact) mass is 295 g/mol. The summed E-state index contributed by atoms with van der Waals surface area (Å²) in [6, 6.07) is 3.43. The van der Waals surface area contributed by atoms with Gasteiger partial charge in [0, 0.05) is 11.1 Å². The van der Waals surface area contributed by atoms with Crippen LogP contribution in [0.2, 0.25) is 5.02 Å². The van der Waals surface area contributed by atoms with Crippen molar-refractivity contribution in [2.24, 2.45) is 5.73 Å². The van der Waals surface area contributed by atoms with E-state index in [1.165, 1.54) is 5.56 Å². The Morgan fingerprint density at radius 2 is 1.84 bits per heavy atom. The van der Waals surface area contributed by atoms with Crippen molar-refractivity contribution in [2.75, 3.05) is 13.2 Å². The lowest BCUT2D eigenvalue weighted by Crippen LogP contribution is -2.17. The summed E-state index contributed by atoms with van der Waals surface area (Å²) in [6.45, 7) is 3.16. The summed E-state index contributed by atoms with van der Waals surface area (Å²) in [5.41, 5.74) is 9.47. The molecule has 3 nitrogen and oxygen atoms in total. The number of ether oxygens (including phenoxy) is 2. The fourth-order valence-corrected chi connectivity index (χ4v) is 3.33. The lowest BCUT2D eigenvalue weighted by Gasteiger charge is -2.22. The molecule has 0 bridgehead atoms. The number of benzene rings is 1. The molecule has 0 aliphatic carbocycles. The number of nitrogens with two attached hydrogens (primary N) is 1. The van der Waals surface area contributed by atoms with Crippen LogP contribution in [-0.2, 0) is 0 Å². The molecule has 100 valence electrons. The molecule has 0 amide bonds. The van der Waals surface area contributed by atoms with Gasteiger partial charge in [0.15, 0.2) is 11.5 Å². The smallest absolute Gasteiger partial charge is 0.162 e. The largest absolute Gasteiger partial charge is 0.486 e. The highest BCUT2D eigenvalue weighted by Gasteiger charge is 2.20. The van der Waals surface area contributed by atoms with E-state index in [1.807, 2.05) is 6.07 Å². The molecule has 5 heteroatoms. The van der Waals surface area contributed by atoms with Crippen molar-refractivity contribution in [3.05, 3.63) is 44.6 Å². The van der Waals surface area contributed by atoms with Gasteiger partial charge in [-0.25, -0.2) is 0 Å². The molecule has 1 aromatic heterocycles. The van der Waals surface area contributed by atoms with Crippen molar-refractivity contribution >= 4 is 22.9 Å². The van der Waals surface area contributed by atoms with E-state index in [4.69, 9.17) is 26.8 Å². The minimum absolute atomic E-state index is 0.241. The molecule has 2 heterocycles. The van der Waals surface area contributed by atoms with Crippen molar-refractivity contribution in [3.63, 3.8) is 0 Å². The number of fused-ring (bicyclic) bond motifs is 1. The second kappa shape index (κ2) is 5.04. The second-order valence-corrected chi connectivity index (χ2v) is 5.66. The number of aryl methyl sites for hydroxylation is 1. The average molecular weight is 296 g/mol. The molecule has 19 heavy (non-hydrogen) atoms. The molecule has 3 rings (SSSR count). The van der Waals surface area contributed by atoms with Gasteiger partial charge in [-0.2, -0.15) is 11.3 Å². The Morgan fingerprint density at radius 3 is 2.47 bits per heavy atom. The van der Waals surface area contributed by atoms with Crippen molar-refractivity contribution in [3.8, 4) is 11.5 Å². The normalized spacial score (nSPS) is 15.3. The maximum Gasteiger partial charge on any atom is 0.162 e. The van der Waals surface area contributed by atoms with Crippen LogP contribution in [0.1, 0.15) is 22.7 Å². The summed E-state index contributed by atoms with van der Waals surface area (Å²) in [5.74, 6) is 1.41. The molecule has 0 radical (unpaired) electrons. The summed E-state index contributed by atoms with van der Waals surface area (Å²) < 4.78 is 11.1. The van der Waals surface area contributed by atoms with Gasteiger partial charge >= 0.3 is 0 Å². The molecule has 0 spiro atoms. The second-order valence-electron chi connectivity index (χ2n) is 4.51. The Bertz CT molecular complexity index is 611. The molecule has 1 atom stereocenters. The maximum atomic E-state index is 6.32. The molecule has 1 unspecified atom stereocenters. The van der Waals surface area contributed by atoms with Crippen molar-refractivity contribution in [1.82, 2.24) is 0 Å². The Morgan fingerprint density at radius 1 is 1.16 bits per heavy atom. The standard InChI is InChI=1S/C14H14ClNO2S/c1-8-6-19-7-10(8)14(16)9-4-12-13(5-11(9)15)18-3-2-17-12/h4-7,14H,2-3,16H2,1H3. The molecule has 0 saturated carbocycles. The van der Waals surface area contributed by atoms with E-state index in [1.54, 1.807) is 17.4 Å². The number of hydrogen-bond donors (Lipinski definition) is 1. The molecular formula is C14H14ClNO2S. The topological polar surface area (TPSA) is 44.5 Å². The highest BCUT2D eigenvalue weighted by Crippen LogP contribution is 2.39. The molecular weight excluding hydrogens is 282 g/mol. The Hall–Kier alpha value is -1.23. The molecule has 1 aromatic carbocycles. The van der Waals surface area contributed by atoms with E-state index >= 15 is 0 Å². The van der Waals surface area contributed by atoms with Crippen molar-refractivity contribution in [2.45, 2.75) is 13.0 Å². The van der Waals surface area contributed by atoms with Gasteiger partial charge in [0.05, 0.1) is 6.04 Å². The lowest BCUT2D eigenvalue weighted by atomic mass is 9.99. The molecule has 1 aliphatic heterocycles. The molecule has 2 N–H and O–H groups in total. The van der Waals surface area contributed by atoms with E-state index in [-0.39, 0.29) is 6.04 Å². The van der Waals surface area contributed by atoms with Gasteiger partial charge in [-0.05, 0) is 40.4 Å². The van der Waals surface area contributed by atoms with Gasteiger partial charge in [0.2, 0.25) is 0 Å². The number of halogens is 1. The van der Waals surface area contributed by atoms with Crippen LogP contribution in [-0.4, -0.2) is 13.2 Å². The minimum Gasteiger partial charge on any atom is -0.486 e. The third-order valence-corrected chi connectivity index (χ3v) is 4.43.